The predicted octanol–water partition coefficient (Wildman–Crippen LogP) is 3.11. The average Bonchev–Trinajstić information content (AvgIpc) is 2.92. The molecule has 0 fully saturated rings. The molecule has 0 saturated heterocycles. The number of carbonyl (C=O) groups excluding carboxylic acids is 2. The van der Waals surface area contributed by atoms with Crippen LogP contribution in [0.4, 0.5) is 0 Å². The highest BCUT2D eigenvalue weighted by Gasteiger charge is 2.21. The normalized spacial score (nSPS) is 11.8. The van der Waals surface area contributed by atoms with Gasteiger partial charge in [-0.15, -0.1) is 0 Å². The molecule has 1 amide bonds. The molecule has 6 heteroatoms. The van der Waals surface area contributed by atoms with Crippen LogP contribution in [0.1, 0.15) is 53.2 Å². The number of nitrogens with one attached hydrogen (secondary N) is 1. The van der Waals surface area contributed by atoms with Gasteiger partial charge in [0.25, 0.3) is 5.91 Å². The van der Waals surface area contributed by atoms with E-state index in [-0.39, 0.29) is 24.1 Å². The maximum atomic E-state index is 12.1. The monoisotopic (exact) mass is 330 g/mol. The van der Waals surface area contributed by atoms with Crippen molar-refractivity contribution in [1.29, 1.82) is 0 Å². The molecule has 1 atom stereocenters. The van der Waals surface area contributed by atoms with E-state index in [4.69, 9.17) is 9.26 Å². The summed E-state index contributed by atoms with van der Waals surface area (Å²) >= 11 is 0. The van der Waals surface area contributed by atoms with Gasteiger partial charge in [-0.3, -0.25) is 4.79 Å². The molecule has 0 saturated carbocycles. The fraction of sp³-hybridized carbons (Fsp3) is 0.389. The van der Waals surface area contributed by atoms with Crippen molar-refractivity contribution in [3.05, 3.63) is 52.9 Å². The van der Waals surface area contributed by atoms with E-state index in [9.17, 15) is 9.59 Å². The topological polar surface area (TPSA) is 81.4 Å². The van der Waals surface area contributed by atoms with Crippen LogP contribution < -0.4 is 5.32 Å². The molecular formula is C18H22N2O4. The minimum absolute atomic E-state index is 0.0959. The van der Waals surface area contributed by atoms with Crippen molar-refractivity contribution in [2.75, 3.05) is 6.61 Å². The van der Waals surface area contributed by atoms with Crippen molar-refractivity contribution in [2.24, 2.45) is 0 Å². The first-order valence-electron chi connectivity index (χ1n) is 7.97. The molecule has 0 aliphatic carbocycles. The number of nitrogens with zero attached hydrogens (tertiary/aromatic N) is 1. The van der Waals surface area contributed by atoms with Gasteiger partial charge in [-0.1, -0.05) is 48.8 Å². The lowest BCUT2D eigenvalue weighted by molar-refractivity contribution is -0.125. The number of hydrogen-bond acceptors (Lipinski definition) is 5. The van der Waals surface area contributed by atoms with E-state index in [1.54, 1.807) is 13.8 Å². The minimum Gasteiger partial charge on any atom is -0.452 e. The standard InChI is InChI=1S/C18H22N2O4/c1-4-8-15(14-9-6-5-7-10-14)19-16(21)11-23-18(22)17-12(2)20-24-13(17)3/h5-7,9-10,15H,4,8,11H2,1-3H3,(H,19,21)/t15-/m1/s1. The van der Waals surface area contributed by atoms with Gasteiger partial charge < -0.3 is 14.6 Å². The zero-order valence-electron chi connectivity index (χ0n) is 14.2. The van der Waals surface area contributed by atoms with Gasteiger partial charge in [-0.25, -0.2) is 4.79 Å². The molecule has 0 radical (unpaired) electrons. The number of amides is 1. The molecule has 1 N–H and O–H groups in total. The smallest absolute Gasteiger partial charge is 0.344 e. The minimum atomic E-state index is -0.604. The van der Waals surface area contributed by atoms with Crippen molar-refractivity contribution in [3.63, 3.8) is 0 Å². The Kier molecular flexibility index (Phi) is 6.12. The van der Waals surface area contributed by atoms with Crippen molar-refractivity contribution in [1.82, 2.24) is 10.5 Å². The van der Waals surface area contributed by atoms with Crippen molar-refractivity contribution in [3.8, 4) is 0 Å². The van der Waals surface area contributed by atoms with Crippen LogP contribution in [-0.2, 0) is 9.53 Å². The predicted molar refractivity (Wildman–Crippen MR) is 88.5 cm³/mol. The van der Waals surface area contributed by atoms with Crippen molar-refractivity contribution < 1.29 is 18.8 Å². The van der Waals surface area contributed by atoms with E-state index in [2.05, 4.69) is 17.4 Å². The first kappa shape index (κ1) is 17.7. The molecule has 24 heavy (non-hydrogen) atoms. The lowest BCUT2D eigenvalue weighted by Gasteiger charge is -2.18. The summed E-state index contributed by atoms with van der Waals surface area (Å²) in [5.74, 6) is -0.559. The fourth-order valence-electron chi connectivity index (χ4n) is 2.51. The third-order valence-corrected chi connectivity index (χ3v) is 3.69. The summed E-state index contributed by atoms with van der Waals surface area (Å²) in [6, 6.07) is 9.64. The summed E-state index contributed by atoms with van der Waals surface area (Å²) < 4.78 is 10.00. The number of aryl methyl sites for hydroxylation is 2. The number of esters is 1. The van der Waals surface area contributed by atoms with Gasteiger partial charge in [0.15, 0.2) is 6.61 Å². The van der Waals surface area contributed by atoms with Crippen LogP contribution in [0.15, 0.2) is 34.9 Å². The number of benzene rings is 1. The molecule has 128 valence electrons. The second-order valence-electron chi connectivity index (χ2n) is 5.59. The Bertz CT molecular complexity index is 675. The molecule has 0 unspecified atom stereocenters. The molecule has 0 aliphatic heterocycles. The molecule has 1 heterocycles. The van der Waals surface area contributed by atoms with Crippen LogP contribution in [0.25, 0.3) is 0 Å². The van der Waals surface area contributed by atoms with Gasteiger partial charge in [0.1, 0.15) is 11.3 Å². The number of ether oxygens (including phenoxy) is 1. The van der Waals surface area contributed by atoms with E-state index in [1.807, 2.05) is 30.3 Å². The van der Waals surface area contributed by atoms with Gasteiger partial charge >= 0.3 is 5.97 Å². The highest BCUT2D eigenvalue weighted by Crippen LogP contribution is 2.18. The van der Waals surface area contributed by atoms with Crippen LogP contribution in [0.2, 0.25) is 0 Å². The van der Waals surface area contributed by atoms with E-state index in [0.29, 0.717) is 11.5 Å². The maximum Gasteiger partial charge on any atom is 0.344 e. The molecular weight excluding hydrogens is 308 g/mol. The number of carbonyl (C=O) groups is 2. The van der Waals surface area contributed by atoms with Crippen molar-refractivity contribution >= 4 is 11.9 Å². The Morgan fingerprint density at radius 1 is 1.25 bits per heavy atom. The molecule has 0 spiro atoms. The fourth-order valence-corrected chi connectivity index (χ4v) is 2.51. The van der Waals surface area contributed by atoms with E-state index in [0.717, 1.165) is 18.4 Å². The van der Waals surface area contributed by atoms with Gasteiger partial charge in [0, 0.05) is 0 Å². The largest absolute Gasteiger partial charge is 0.452 e. The summed E-state index contributed by atoms with van der Waals surface area (Å²) in [7, 11) is 0. The van der Waals surface area contributed by atoms with Crippen LogP contribution in [-0.4, -0.2) is 23.6 Å². The van der Waals surface area contributed by atoms with Crippen LogP contribution >= 0.6 is 0 Å². The molecule has 0 aliphatic rings. The Morgan fingerprint density at radius 3 is 2.54 bits per heavy atom. The second kappa shape index (κ2) is 8.29. The first-order chi connectivity index (χ1) is 11.5. The Labute approximate surface area is 141 Å². The number of hydrogen-bond donors (Lipinski definition) is 1. The zero-order valence-corrected chi connectivity index (χ0v) is 14.2. The third kappa shape index (κ3) is 4.44. The molecule has 1 aromatic carbocycles. The third-order valence-electron chi connectivity index (χ3n) is 3.69. The molecule has 6 nitrogen and oxygen atoms in total. The van der Waals surface area contributed by atoms with Crippen LogP contribution in [0, 0.1) is 13.8 Å². The van der Waals surface area contributed by atoms with Crippen LogP contribution in [0.5, 0.6) is 0 Å². The average molecular weight is 330 g/mol. The van der Waals surface area contributed by atoms with Gasteiger partial charge in [-0.2, -0.15) is 0 Å². The highest BCUT2D eigenvalue weighted by atomic mass is 16.5. The summed E-state index contributed by atoms with van der Waals surface area (Å²) in [5.41, 5.74) is 1.76. The lowest BCUT2D eigenvalue weighted by atomic mass is 10.0. The van der Waals surface area contributed by atoms with Crippen molar-refractivity contribution in [2.45, 2.75) is 39.7 Å². The lowest BCUT2D eigenvalue weighted by Crippen LogP contribution is -2.32. The first-order valence-corrected chi connectivity index (χ1v) is 7.97. The SMILES string of the molecule is CCC[C@@H](NC(=O)COC(=O)c1c(C)noc1C)c1ccccc1. The molecule has 0 bridgehead atoms. The van der Waals surface area contributed by atoms with E-state index in [1.165, 1.54) is 0 Å². The maximum absolute atomic E-state index is 12.1. The van der Waals surface area contributed by atoms with Crippen LogP contribution in [0.3, 0.4) is 0 Å². The van der Waals surface area contributed by atoms with E-state index >= 15 is 0 Å². The number of rotatable bonds is 7. The summed E-state index contributed by atoms with van der Waals surface area (Å²) in [5, 5.41) is 6.61. The Balaban J connectivity index is 1.93. The van der Waals surface area contributed by atoms with Gasteiger partial charge in [0.2, 0.25) is 0 Å². The Morgan fingerprint density at radius 2 is 1.96 bits per heavy atom. The highest BCUT2D eigenvalue weighted by molar-refractivity contribution is 5.93. The zero-order chi connectivity index (χ0) is 17.5. The molecule has 2 rings (SSSR count). The quantitative estimate of drug-likeness (QED) is 0.789. The summed E-state index contributed by atoms with van der Waals surface area (Å²) in [6.07, 6.45) is 1.74. The van der Waals surface area contributed by atoms with E-state index < -0.39 is 5.97 Å². The molecule has 1 aromatic heterocycles. The molecule has 2 aromatic rings. The van der Waals surface area contributed by atoms with Gasteiger partial charge in [-0.05, 0) is 25.8 Å². The summed E-state index contributed by atoms with van der Waals surface area (Å²) in [4.78, 5) is 24.1. The number of aromatic nitrogens is 1. The summed E-state index contributed by atoms with van der Waals surface area (Å²) in [6.45, 7) is 5.00. The second-order valence-corrected chi connectivity index (χ2v) is 5.59. The Hall–Kier alpha value is -2.63. The van der Waals surface area contributed by atoms with Gasteiger partial charge in [0.05, 0.1) is 11.7 Å².